The first kappa shape index (κ1) is 17.7. The average molecular weight is 344 g/mol. The highest BCUT2D eigenvalue weighted by molar-refractivity contribution is 6.32. The lowest BCUT2D eigenvalue weighted by atomic mass is 10.1. The standard InChI is InChI=1S/C15H18ClNO6/c1-10(22-9-12-4-2-3-7-21-12)15(18)23-14-6-5-11(17(19)20)8-13(14)16/h5-6,8,10,12H,2-4,7,9H2,1H3. The van der Waals surface area contributed by atoms with E-state index in [0.29, 0.717) is 13.2 Å². The van der Waals surface area contributed by atoms with Crippen LogP contribution in [0.15, 0.2) is 18.2 Å². The van der Waals surface area contributed by atoms with Gasteiger partial charge >= 0.3 is 5.97 Å². The van der Waals surface area contributed by atoms with Crippen LogP contribution in [0.5, 0.6) is 5.75 Å². The largest absolute Gasteiger partial charge is 0.423 e. The molecular weight excluding hydrogens is 326 g/mol. The molecule has 0 aromatic heterocycles. The van der Waals surface area contributed by atoms with Crippen molar-refractivity contribution in [2.45, 2.75) is 38.4 Å². The second-order valence-corrected chi connectivity index (χ2v) is 5.66. The molecule has 0 bridgehead atoms. The van der Waals surface area contributed by atoms with Gasteiger partial charge in [-0.15, -0.1) is 0 Å². The van der Waals surface area contributed by atoms with Crippen LogP contribution in [0.25, 0.3) is 0 Å². The van der Waals surface area contributed by atoms with Crippen molar-refractivity contribution < 1.29 is 23.9 Å². The number of carbonyl (C=O) groups is 1. The molecular formula is C15H18ClNO6. The Balaban J connectivity index is 1.86. The molecule has 1 aromatic carbocycles. The lowest BCUT2D eigenvalue weighted by Crippen LogP contribution is -2.31. The number of esters is 1. The Labute approximate surface area is 138 Å². The van der Waals surface area contributed by atoms with E-state index < -0.39 is 17.0 Å². The second kappa shape index (κ2) is 8.24. The Kier molecular flexibility index (Phi) is 6.32. The van der Waals surface area contributed by atoms with Crippen LogP contribution >= 0.6 is 11.6 Å². The lowest BCUT2D eigenvalue weighted by Gasteiger charge is -2.23. The molecule has 2 unspecified atom stereocenters. The molecule has 126 valence electrons. The second-order valence-electron chi connectivity index (χ2n) is 5.26. The first-order valence-electron chi connectivity index (χ1n) is 7.36. The predicted octanol–water partition coefficient (Wildman–Crippen LogP) is 3.13. The average Bonchev–Trinajstić information content (AvgIpc) is 2.55. The van der Waals surface area contributed by atoms with Crippen LogP contribution in [0.1, 0.15) is 26.2 Å². The van der Waals surface area contributed by atoms with Crippen molar-refractivity contribution in [1.82, 2.24) is 0 Å². The summed E-state index contributed by atoms with van der Waals surface area (Å²) in [7, 11) is 0. The molecule has 0 radical (unpaired) electrons. The van der Waals surface area contributed by atoms with E-state index in [1.165, 1.54) is 12.1 Å². The van der Waals surface area contributed by atoms with Gasteiger partial charge in [-0.25, -0.2) is 4.79 Å². The number of benzene rings is 1. The molecule has 7 nitrogen and oxygen atoms in total. The summed E-state index contributed by atoms with van der Waals surface area (Å²) in [5.74, 6) is -0.553. The van der Waals surface area contributed by atoms with Crippen LogP contribution in [0.2, 0.25) is 5.02 Å². The van der Waals surface area contributed by atoms with Gasteiger partial charge in [0.25, 0.3) is 5.69 Å². The van der Waals surface area contributed by atoms with Gasteiger partial charge in [-0.3, -0.25) is 10.1 Å². The van der Waals surface area contributed by atoms with Gasteiger partial charge in [-0.05, 0) is 32.3 Å². The maximum Gasteiger partial charge on any atom is 0.340 e. The van der Waals surface area contributed by atoms with Gasteiger partial charge in [0, 0.05) is 18.7 Å². The number of nitrogens with zero attached hydrogens (tertiary/aromatic N) is 1. The van der Waals surface area contributed by atoms with Crippen molar-refractivity contribution >= 4 is 23.3 Å². The van der Waals surface area contributed by atoms with E-state index in [0.717, 1.165) is 25.3 Å². The van der Waals surface area contributed by atoms with Crippen molar-refractivity contribution in [2.24, 2.45) is 0 Å². The monoisotopic (exact) mass is 343 g/mol. The minimum Gasteiger partial charge on any atom is -0.423 e. The first-order chi connectivity index (χ1) is 11.0. The third-order valence-electron chi connectivity index (χ3n) is 3.47. The number of halogens is 1. The van der Waals surface area contributed by atoms with Gasteiger partial charge in [0.2, 0.25) is 0 Å². The topological polar surface area (TPSA) is 87.9 Å². The van der Waals surface area contributed by atoms with Crippen molar-refractivity contribution in [1.29, 1.82) is 0 Å². The Morgan fingerprint density at radius 1 is 1.52 bits per heavy atom. The summed E-state index contributed by atoms with van der Waals surface area (Å²) in [6, 6.07) is 3.64. The Bertz CT molecular complexity index is 573. The fraction of sp³-hybridized carbons (Fsp3) is 0.533. The number of hydrogen-bond acceptors (Lipinski definition) is 6. The zero-order valence-electron chi connectivity index (χ0n) is 12.7. The van der Waals surface area contributed by atoms with Crippen LogP contribution in [-0.4, -0.2) is 36.3 Å². The molecule has 0 amide bonds. The quantitative estimate of drug-likeness (QED) is 0.341. The van der Waals surface area contributed by atoms with Crippen LogP contribution in [0, 0.1) is 10.1 Å². The van der Waals surface area contributed by atoms with E-state index in [2.05, 4.69) is 0 Å². The SMILES string of the molecule is CC(OCC1CCCCO1)C(=O)Oc1ccc([N+](=O)[O-])cc1Cl. The van der Waals surface area contributed by atoms with E-state index in [-0.39, 0.29) is 22.6 Å². The van der Waals surface area contributed by atoms with Crippen molar-refractivity contribution in [2.75, 3.05) is 13.2 Å². The summed E-state index contributed by atoms with van der Waals surface area (Å²) < 4.78 is 16.1. The van der Waals surface area contributed by atoms with Gasteiger partial charge in [0.05, 0.1) is 22.7 Å². The zero-order valence-corrected chi connectivity index (χ0v) is 13.5. The molecule has 0 saturated carbocycles. The van der Waals surface area contributed by atoms with E-state index in [1.54, 1.807) is 6.92 Å². The minimum absolute atomic E-state index is 0.00182. The number of ether oxygens (including phenoxy) is 3. The van der Waals surface area contributed by atoms with E-state index in [9.17, 15) is 14.9 Å². The first-order valence-corrected chi connectivity index (χ1v) is 7.74. The lowest BCUT2D eigenvalue weighted by molar-refractivity contribution is -0.384. The number of nitro groups is 1. The van der Waals surface area contributed by atoms with Gasteiger partial charge < -0.3 is 14.2 Å². The van der Waals surface area contributed by atoms with Crippen LogP contribution in [-0.2, 0) is 14.3 Å². The Morgan fingerprint density at radius 2 is 2.30 bits per heavy atom. The van der Waals surface area contributed by atoms with Crippen LogP contribution in [0.4, 0.5) is 5.69 Å². The molecule has 1 saturated heterocycles. The van der Waals surface area contributed by atoms with Gasteiger partial charge in [0.1, 0.15) is 5.75 Å². The molecule has 2 atom stereocenters. The molecule has 23 heavy (non-hydrogen) atoms. The van der Waals surface area contributed by atoms with Gasteiger partial charge in [0.15, 0.2) is 6.10 Å². The maximum absolute atomic E-state index is 12.0. The summed E-state index contributed by atoms with van der Waals surface area (Å²) in [5, 5.41) is 10.6. The summed E-state index contributed by atoms with van der Waals surface area (Å²) in [4.78, 5) is 22.0. The van der Waals surface area contributed by atoms with Crippen molar-refractivity contribution in [3.05, 3.63) is 33.3 Å². The summed E-state index contributed by atoms with van der Waals surface area (Å²) in [6.45, 7) is 2.61. The number of carbonyl (C=O) groups excluding carboxylic acids is 1. The third-order valence-corrected chi connectivity index (χ3v) is 3.77. The smallest absolute Gasteiger partial charge is 0.340 e. The maximum atomic E-state index is 12.0. The molecule has 1 fully saturated rings. The fourth-order valence-corrected chi connectivity index (χ4v) is 2.35. The van der Waals surface area contributed by atoms with E-state index in [1.807, 2.05) is 0 Å². The summed E-state index contributed by atoms with van der Waals surface area (Å²) in [6.07, 6.45) is 2.27. The molecule has 1 heterocycles. The number of non-ortho nitro benzene ring substituents is 1. The predicted molar refractivity (Wildman–Crippen MR) is 82.7 cm³/mol. The molecule has 1 aliphatic rings. The molecule has 8 heteroatoms. The Hall–Kier alpha value is -1.70. The highest BCUT2D eigenvalue weighted by Gasteiger charge is 2.21. The fourth-order valence-electron chi connectivity index (χ4n) is 2.14. The summed E-state index contributed by atoms with van der Waals surface area (Å²) in [5.41, 5.74) is -0.173. The molecule has 0 spiro atoms. The Morgan fingerprint density at radius 3 is 2.91 bits per heavy atom. The molecule has 2 rings (SSSR count). The van der Waals surface area contributed by atoms with E-state index >= 15 is 0 Å². The number of rotatable bonds is 6. The molecule has 0 N–H and O–H groups in total. The zero-order chi connectivity index (χ0) is 16.8. The van der Waals surface area contributed by atoms with Crippen molar-refractivity contribution in [3.8, 4) is 5.75 Å². The molecule has 1 aliphatic heterocycles. The van der Waals surface area contributed by atoms with Crippen LogP contribution in [0.3, 0.4) is 0 Å². The van der Waals surface area contributed by atoms with Gasteiger partial charge in [-0.1, -0.05) is 11.6 Å². The van der Waals surface area contributed by atoms with Crippen LogP contribution < -0.4 is 4.74 Å². The number of nitro benzene ring substituents is 1. The summed E-state index contributed by atoms with van der Waals surface area (Å²) >= 11 is 5.88. The molecule has 0 aliphatic carbocycles. The third kappa shape index (κ3) is 5.16. The minimum atomic E-state index is -0.785. The number of hydrogen-bond donors (Lipinski definition) is 0. The van der Waals surface area contributed by atoms with Gasteiger partial charge in [-0.2, -0.15) is 0 Å². The van der Waals surface area contributed by atoms with E-state index in [4.69, 9.17) is 25.8 Å². The normalized spacial score (nSPS) is 19.1. The molecule has 1 aromatic rings. The highest BCUT2D eigenvalue weighted by Crippen LogP contribution is 2.29. The van der Waals surface area contributed by atoms with Crippen molar-refractivity contribution in [3.63, 3.8) is 0 Å². The highest BCUT2D eigenvalue weighted by atomic mass is 35.5.